The molecule has 96 valence electrons. The molecule has 18 heavy (non-hydrogen) atoms. The van der Waals surface area contributed by atoms with E-state index in [1.54, 1.807) is 6.07 Å². The molecule has 0 spiro atoms. The molecule has 0 fully saturated rings. The van der Waals surface area contributed by atoms with E-state index in [4.69, 9.17) is 10.5 Å². The Morgan fingerprint density at radius 2 is 1.83 bits per heavy atom. The summed E-state index contributed by atoms with van der Waals surface area (Å²) in [4.78, 5) is 11.5. The fourth-order valence-corrected chi connectivity index (χ4v) is 1.40. The number of benzene rings is 1. The second-order valence-corrected chi connectivity index (χ2v) is 5.20. The molecule has 1 rings (SSSR count). The SMILES string of the molecule is Cc1c(N)ccc(C#CC(=O)OC(C)(C)C)c1C. The van der Waals surface area contributed by atoms with Gasteiger partial charge in [0.2, 0.25) is 0 Å². The molecule has 0 saturated carbocycles. The topological polar surface area (TPSA) is 52.3 Å². The molecule has 1 aromatic rings. The van der Waals surface area contributed by atoms with E-state index in [1.165, 1.54) is 0 Å². The van der Waals surface area contributed by atoms with Crippen molar-refractivity contribution in [1.82, 2.24) is 0 Å². The largest absolute Gasteiger partial charge is 0.450 e. The van der Waals surface area contributed by atoms with Crippen molar-refractivity contribution in [3.8, 4) is 11.8 Å². The number of esters is 1. The zero-order valence-corrected chi connectivity index (χ0v) is 11.5. The zero-order valence-electron chi connectivity index (χ0n) is 11.5. The summed E-state index contributed by atoms with van der Waals surface area (Å²) in [5, 5.41) is 0. The number of hydrogen-bond acceptors (Lipinski definition) is 3. The Kier molecular flexibility index (Phi) is 4.03. The Labute approximate surface area is 108 Å². The molecule has 0 aliphatic heterocycles. The van der Waals surface area contributed by atoms with Gasteiger partial charge < -0.3 is 10.5 Å². The summed E-state index contributed by atoms with van der Waals surface area (Å²) in [6, 6.07) is 3.61. The van der Waals surface area contributed by atoms with Crippen molar-refractivity contribution in [2.24, 2.45) is 0 Å². The van der Waals surface area contributed by atoms with Gasteiger partial charge in [-0.2, -0.15) is 0 Å². The summed E-state index contributed by atoms with van der Waals surface area (Å²) >= 11 is 0. The van der Waals surface area contributed by atoms with E-state index in [0.29, 0.717) is 0 Å². The van der Waals surface area contributed by atoms with Crippen LogP contribution in [0.25, 0.3) is 0 Å². The molecule has 0 radical (unpaired) electrons. The maximum atomic E-state index is 11.5. The van der Waals surface area contributed by atoms with Crippen LogP contribution in [-0.4, -0.2) is 11.6 Å². The number of anilines is 1. The Bertz CT molecular complexity index is 528. The van der Waals surface area contributed by atoms with Crippen LogP contribution in [0.2, 0.25) is 0 Å². The number of hydrogen-bond donors (Lipinski definition) is 1. The number of nitrogen functional groups attached to an aromatic ring is 1. The normalized spacial score (nSPS) is 10.5. The summed E-state index contributed by atoms with van der Waals surface area (Å²) in [6.07, 6.45) is 0. The molecule has 0 unspecified atom stereocenters. The van der Waals surface area contributed by atoms with Crippen molar-refractivity contribution >= 4 is 11.7 Å². The second kappa shape index (κ2) is 5.14. The lowest BCUT2D eigenvalue weighted by atomic mass is 10.0. The molecule has 0 aliphatic carbocycles. The van der Waals surface area contributed by atoms with Gasteiger partial charge in [0.05, 0.1) is 0 Å². The average Bonchev–Trinajstić information content (AvgIpc) is 2.22. The van der Waals surface area contributed by atoms with E-state index >= 15 is 0 Å². The van der Waals surface area contributed by atoms with E-state index in [1.807, 2.05) is 40.7 Å². The Hall–Kier alpha value is -1.95. The number of ether oxygens (including phenoxy) is 1. The van der Waals surface area contributed by atoms with Gasteiger partial charge in [0.15, 0.2) is 0 Å². The molecule has 0 aromatic heterocycles. The highest BCUT2D eigenvalue weighted by Crippen LogP contribution is 2.18. The predicted molar refractivity (Wildman–Crippen MR) is 73.1 cm³/mol. The van der Waals surface area contributed by atoms with Crippen molar-refractivity contribution in [2.45, 2.75) is 40.2 Å². The fourth-order valence-electron chi connectivity index (χ4n) is 1.40. The number of carbonyl (C=O) groups is 1. The average molecular weight is 245 g/mol. The Balaban J connectivity index is 2.94. The van der Waals surface area contributed by atoms with Gasteiger partial charge in [0.1, 0.15) is 5.60 Å². The Morgan fingerprint density at radius 3 is 2.39 bits per heavy atom. The van der Waals surface area contributed by atoms with E-state index in [2.05, 4.69) is 11.8 Å². The molecule has 0 saturated heterocycles. The molecule has 2 N–H and O–H groups in total. The number of carbonyl (C=O) groups excluding carboxylic acids is 1. The lowest BCUT2D eigenvalue weighted by molar-refractivity contribution is -0.147. The third-order valence-electron chi connectivity index (χ3n) is 2.53. The molecule has 3 nitrogen and oxygen atoms in total. The van der Waals surface area contributed by atoms with Gasteiger partial charge in [-0.3, -0.25) is 0 Å². The highest BCUT2D eigenvalue weighted by molar-refractivity contribution is 5.89. The van der Waals surface area contributed by atoms with Gasteiger partial charge in [-0.15, -0.1) is 0 Å². The second-order valence-electron chi connectivity index (χ2n) is 5.20. The minimum atomic E-state index is -0.517. The third-order valence-corrected chi connectivity index (χ3v) is 2.53. The van der Waals surface area contributed by atoms with Crippen molar-refractivity contribution in [3.05, 3.63) is 28.8 Å². The van der Waals surface area contributed by atoms with Gasteiger partial charge >= 0.3 is 5.97 Å². The summed E-state index contributed by atoms with van der Waals surface area (Å²) in [5.41, 5.74) is 8.79. The van der Waals surface area contributed by atoms with Gasteiger partial charge in [-0.25, -0.2) is 4.79 Å². The van der Waals surface area contributed by atoms with Crippen LogP contribution in [-0.2, 0) is 9.53 Å². The van der Waals surface area contributed by atoms with Gasteiger partial charge in [0.25, 0.3) is 0 Å². The molecular formula is C15H19NO2. The first-order valence-corrected chi connectivity index (χ1v) is 5.81. The lowest BCUT2D eigenvalue weighted by Crippen LogP contribution is -2.22. The number of rotatable bonds is 0. The third kappa shape index (κ3) is 3.81. The summed E-state index contributed by atoms with van der Waals surface area (Å²) in [5.74, 6) is 4.80. The summed E-state index contributed by atoms with van der Waals surface area (Å²) in [6.45, 7) is 9.30. The first-order chi connectivity index (χ1) is 8.20. The molecule has 0 atom stereocenters. The first kappa shape index (κ1) is 14.1. The van der Waals surface area contributed by atoms with Gasteiger partial charge in [-0.05, 0) is 57.9 Å². The van der Waals surface area contributed by atoms with Gasteiger partial charge in [0, 0.05) is 17.2 Å². The maximum absolute atomic E-state index is 11.5. The minimum Gasteiger partial charge on any atom is -0.450 e. The minimum absolute atomic E-state index is 0.516. The van der Waals surface area contributed by atoms with E-state index in [0.717, 1.165) is 22.4 Å². The molecule has 0 aliphatic rings. The van der Waals surface area contributed by atoms with E-state index < -0.39 is 11.6 Å². The summed E-state index contributed by atoms with van der Waals surface area (Å²) < 4.78 is 5.12. The van der Waals surface area contributed by atoms with Crippen LogP contribution in [0.3, 0.4) is 0 Å². The maximum Gasteiger partial charge on any atom is 0.385 e. The molecule has 0 heterocycles. The predicted octanol–water partition coefficient (Wildman–Crippen LogP) is 2.58. The fraction of sp³-hybridized carbons (Fsp3) is 0.400. The quantitative estimate of drug-likeness (QED) is 0.434. The molecule has 1 aromatic carbocycles. The molecule has 0 bridgehead atoms. The lowest BCUT2D eigenvalue weighted by Gasteiger charge is -2.16. The van der Waals surface area contributed by atoms with Crippen LogP contribution in [0.15, 0.2) is 12.1 Å². The molecular weight excluding hydrogens is 226 g/mol. The van der Waals surface area contributed by atoms with Crippen LogP contribution in [0.1, 0.15) is 37.5 Å². The molecule has 3 heteroatoms. The standard InChI is InChI=1S/C15H19NO2/c1-10-11(2)13(16)8-6-12(10)7-9-14(17)18-15(3,4)5/h6,8H,16H2,1-5H3. The first-order valence-electron chi connectivity index (χ1n) is 5.81. The number of nitrogens with two attached hydrogens (primary N) is 1. The van der Waals surface area contributed by atoms with Crippen LogP contribution in [0.4, 0.5) is 5.69 Å². The van der Waals surface area contributed by atoms with Crippen LogP contribution in [0, 0.1) is 25.7 Å². The zero-order chi connectivity index (χ0) is 13.9. The molecule has 0 amide bonds. The van der Waals surface area contributed by atoms with Crippen molar-refractivity contribution in [2.75, 3.05) is 5.73 Å². The van der Waals surface area contributed by atoms with Crippen molar-refractivity contribution in [1.29, 1.82) is 0 Å². The van der Waals surface area contributed by atoms with Crippen LogP contribution < -0.4 is 5.73 Å². The highest BCUT2D eigenvalue weighted by Gasteiger charge is 2.14. The van der Waals surface area contributed by atoms with E-state index in [-0.39, 0.29) is 0 Å². The summed E-state index contributed by atoms with van der Waals surface area (Å²) in [7, 11) is 0. The van der Waals surface area contributed by atoms with Gasteiger partial charge in [-0.1, -0.05) is 5.92 Å². The van der Waals surface area contributed by atoms with Crippen molar-refractivity contribution < 1.29 is 9.53 Å². The Morgan fingerprint density at radius 1 is 1.22 bits per heavy atom. The van der Waals surface area contributed by atoms with Crippen LogP contribution >= 0.6 is 0 Å². The van der Waals surface area contributed by atoms with E-state index in [9.17, 15) is 4.79 Å². The van der Waals surface area contributed by atoms with Crippen LogP contribution in [0.5, 0.6) is 0 Å². The smallest absolute Gasteiger partial charge is 0.385 e. The monoisotopic (exact) mass is 245 g/mol. The highest BCUT2D eigenvalue weighted by atomic mass is 16.6. The van der Waals surface area contributed by atoms with Crippen molar-refractivity contribution in [3.63, 3.8) is 0 Å².